The molecule has 1 rings (SSSR count). The third-order valence-electron chi connectivity index (χ3n) is 2.51. The molecular formula is C13H15NO5. The first kappa shape index (κ1) is 14.7. The normalized spacial score (nSPS) is 9.79. The Labute approximate surface area is 110 Å². The minimum atomic E-state index is -0.990. The van der Waals surface area contributed by atoms with Gasteiger partial charge in [0.1, 0.15) is 0 Å². The zero-order valence-electron chi connectivity index (χ0n) is 10.8. The Hall–Kier alpha value is -2.37. The summed E-state index contributed by atoms with van der Waals surface area (Å²) >= 11 is 0. The third-order valence-corrected chi connectivity index (χ3v) is 2.51. The maximum Gasteiger partial charge on any atom is 0.337 e. The Kier molecular flexibility index (Phi) is 5.05. The SMILES string of the molecule is COC(=O)c1cccc(N(CCC(=O)O)C(C)=O)c1. The number of carbonyl (C=O) groups is 3. The molecule has 0 aliphatic carbocycles. The molecule has 0 saturated heterocycles. The van der Waals surface area contributed by atoms with Gasteiger partial charge in [-0.2, -0.15) is 0 Å². The Morgan fingerprint density at radius 2 is 2.00 bits per heavy atom. The first-order chi connectivity index (χ1) is 8.95. The fourth-order valence-corrected chi connectivity index (χ4v) is 1.59. The van der Waals surface area contributed by atoms with Crippen molar-refractivity contribution in [2.45, 2.75) is 13.3 Å². The number of rotatable bonds is 5. The van der Waals surface area contributed by atoms with Crippen molar-refractivity contribution in [1.82, 2.24) is 0 Å². The second-order valence-corrected chi connectivity index (χ2v) is 3.86. The van der Waals surface area contributed by atoms with Crippen molar-refractivity contribution in [2.75, 3.05) is 18.6 Å². The average Bonchev–Trinajstić information content (AvgIpc) is 2.37. The largest absolute Gasteiger partial charge is 0.481 e. The van der Waals surface area contributed by atoms with E-state index in [4.69, 9.17) is 5.11 Å². The molecule has 0 radical (unpaired) electrons. The summed E-state index contributed by atoms with van der Waals surface area (Å²) in [6.45, 7) is 1.39. The highest BCUT2D eigenvalue weighted by Gasteiger charge is 2.15. The fraction of sp³-hybridized carbons (Fsp3) is 0.308. The molecule has 0 saturated carbocycles. The summed E-state index contributed by atoms with van der Waals surface area (Å²) in [6, 6.07) is 6.30. The first-order valence-electron chi connectivity index (χ1n) is 5.64. The Bertz CT molecular complexity index is 498. The summed E-state index contributed by atoms with van der Waals surface area (Å²) in [5, 5.41) is 8.66. The number of carboxylic acids is 1. The highest BCUT2D eigenvalue weighted by atomic mass is 16.5. The van der Waals surface area contributed by atoms with E-state index in [2.05, 4.69) is 4.74 Å². The number of esters is 1. The quantitative estimate of drug-likeness (QED) is 0.811. The molecular weight excluding hydrogens is 250 g/mol. The van der Waals surface area contributed by atoms with Gasteiger partial charge in [-0.25, -0.2) is 4.79 Å². The molecule has 6 nitrogen and oxygen atoms in total. The molecule has 0 aromatic heterocycles. The molecule has 1 aromatic rings. The van der Waals surface area contributed by atoms with Crippen LogP contribution in [0.15, 0.2) is 24.3 Å². The van der Waals surface area contributed by atoms with Crippen LogP contribution in [0.2, 0.25) is 0 Å². The van der Waals surface area contributed by atoms with E-state index >= 15 is 0 Å². The number of hydrogen-bond donors (Lipinski definition) is 1. The molecule has 0 heterocycles. The molecule has 0 aliphatic heterocycles. The fourth-order valence-electron chi connectivity index (χ4n) is 1.59. The van der Waals surface area contributed by atoms with E-state index < -0.39 is 11.9 Å². The number of amides is 1. The molecule has 0 atom stereocenters. The minimum Gasteiger partial charge on any atom is -0.481 e. The second-order valence-electron chi connectivity index (χ2n) is 3.86. The highest BCUT2D eigenvalue weighted by Crippen LogP contribution is 2.17. The van der Waals surface area contributed by atoms with Gasteiger partial charge in [-0.3, -0.25) is 9.59 Å². The van der Waals surface area contributed by atoms with Crippen molar-refractivity contribution in [3.63, 3.8) is 0 Å². The zero-order chi connectivity index (χ0) is 14.4. The number of hydrogen-bond acceptors (Lipinski definition) is 4. The van der Waals surface area contributed by atoms with Gasteiger partial charge < -0.3 is 14.7 Å². The monoisotopic (exact) mass is 265 g/mol. The van der Waals surface area contributed by atoms with Gasteiger partial charge in [-0.15, -0.1) is 0 Å². The molecule has 19 heavy (non-hydrogen) atoms. The predicted octanol–water partition coefficient (Wildman–Crippen LogP) is 1.30. The summed E-state index contributed by atoms with van der Waals surface area (Å²) in [4.78, 5) is 34.8. The third kappa shape index (κ3) is 4.09. The Morgan fingerprint density at radius 1 is 1.32 bits per heavy atom. The van der Waals surface area contributed by atoms with Crippen LogP contribution in [-0.4, -0.2) is 36.6 Å². The van der Waals surface area contributed by atoms with E-state index in [0.29, 0.717) is 11.3 Å². The molecule has 0 aliphatic rings. The van der Waals surface area contributed by atoms with Gasteiger partial charge in [-0.1, -0.05) is 6.07 Å². The summed E-state index contributed by atoms with van der Waals surface area (Å²) in [7, 11) is 1.27. The van der Waals surface area contributed by atoms with Crippen molar-refractivity contribution in [1.29, 1.82) is 0 Å². The predicted molar refractivity (Wildman–Crippen MR) is 68.1 cm³/mol. The zero-order valence-corrected chi connectivity index (χ0v) is 10.8. The van der Waals surface area contributed by atoms with E-state index in [0.717, 1.165) is 0 Å². The smallest absolute Gasteiger partial charge is 0.337 e. The van der Waals surface area contributed by atoms with E-state index in [1.807, 2.05) is 0 Å². The molecule has 6 heteroatoms. The second kappa shape index (κ2) is 6.53. The van der Waals surface area contributed by atoms with Gasteiger partial charge in [0.15, 0.2) is 0 Å². The van der Waals surface area contributed by atoms with Crippen LogP contribution in [-0.2, 0) is 14.3 Å². The minimum absolute atomic E-state index is 0.0509. The highest BCUT2D eigenvalue weighted by molar-refractivity contribution is 5.95. The Balaban J connectivity index is 2.99. The molecule has 1 amide bonds. The van der Waals surface area contributed by atoms with Crippen LogP contribution in [0.5, 0.6) is 0 Å². The standard InChI is InChI=1S/C13H15NO5/c1-9(15)14(7-6-12(16)17)11-5-3-4-10(8-11)13(18)19-2/h3-5,8H,6-7H2,1-2H3,(H,16,17). The van der Waals surface area contributed by atoms with Gasteiger partial charge in [-0.05, 0) is 18.2 Å². The van der Waals surface area contributed by atoms with Crippen LogP contribution in [0.1, 0.15) is 23.7 Å². The van der Waals surface area contributed by atoms with E-state index in [-0.39, 0.29) is 18.9 Å². The summed E-state index contributed by atoms with van der Waals surface area (Å²) < 4.78 is 4.59. The number of carbonyl (C=O) groups excluding carboxylic acids is 2. The van der Waals surface area contributed by atoms with E-state index in [1.54, 1.807) is 18.2 Å². The molecule has 1 N–H and O–H groups in total. The Morgan fingerprint density at radius 3 is 2.53 bits per heavy atom. The lowest BCUT2D eigenvalue weighted by Crippen LogP contribution is -2.30. The van der Waals surface area contributed by atoms with Gasteiger partial charge in [0.25, 0.3) is 0 Å². The summed E-state index contributed by atoms with van der Waals surface area (Å²) in [5.41, 5.74) is 0.776. The van der Waals surface area contributed by atoms with Crippen LogP contribution in [0.3, 0.4) is 0 Å². The van der Waals surface area contributed by atoms with Crippen LogP contribution < -0.4 is 4.90 Å². The lowest BCUT2D eigenvalue weighted by Gasteiger charge is -2.20. The number of carboxylic acid groups (broad SMARTS) is 1. The number of nitrogens with zero attached hydrogens (tertiary/aromatic N) is 1. The number of aliphatic carboxylic acids is 1. The lowest BCUT2D eigenvalue weighted by molar-refractivity contribution is -0.136. The number of anilines is 1. The molecule has 0 unspecified atom stereocenters. The van der Waals surface area contributed by atoms with Crippen LogP contribution >= 0.6 is 0 Å². The van der Waals surface area contributed by atoms with Gasteiger partial charge in [0.05, 0.1) is 19.1 Å². The summed E-state index contributed by atoms with van der Waals surface area (Å²) in [6.07, 6.45) is -0.165. The molecule has 1 aromatic carbocycles. The van der Waals surface area contributed by atoms with E-state index in [9.17, 15) is 14.4 Å². The van der Waals surface area contributed by atoms with Gasteiger partial charge in [0, 0.05) is 19.2 Å². The van der Waals surface area contributed by atoms with E-state index in [1.165, 1.54) is 25.0 Å². The van der Waals surface area contributed by atoms with Crippen LogP contribution in [0, 0.1) is 0 Å². The number of ether oxygens (including phenoxy) is 1. The van der Waals surface area contributed by atoms with Crippen molar-refractivity contribution in [3.8, 4) is 0 Å². The maximum atomic E-state index is 11.5. The molecule has 102 valence electrons. The van der Waals surface area contributed by atoms with Gasteiger partial charge in [0.2, 0.25) is 5.91 Å². The number of benzene rings is 1. The van der Waals surface area contributed by atoms with Crippen LogP contribution in [0.4, 0.5) is 5.69 Å². The topological polar surface area (TPSA) is 83.9 Å². The van der Waals surface area contributed by atoms with Crippen molar-refractivity contribution >= 4 is 23.5 Å². The molecule has 0 fully saturated rings. The summed E-state index contributed by atoms with van der Waals surface area (Å²) in [5.74, 6) is -1.79. The lowest BCUT2D eigenvalue weighted by atomic mass is 10.2. The maximum absolute atomic E-state index is 11.5. The van der Waals surface area contributed by atoms with Crippen molar-refractivity contribution in [2.24, 2.45) is 0 Å². The average molecular weight is 265 g/mol. The van der Waals surface area contributed by atoms with Crippen molar-refractivity contribution < 1.29 is 24.2 Å². The van der Waals surface area contributed by atoms with Gasteiger partial charge >= 0.3 is 11.9 Å². The first-order valence-corrected chi connectivity index (χ1v) is 5.64. The molecule has 0 bridgehead atoms. The molecule has 0 spiro atoms. The van der Waals surface area contributed by atoms with Crippen molar-refractivity contribution in [3.05, 3.63) is 29.8 Å². The number of methoxy groups -OCH3 is 1. The van der Waals surface area contributed by atoms with Crippen LogP contribution in [0.25, 0.3) is 0 Å².